The Morgan fingerprint density at radius 1 is 0.949 bits per heavy atom. The average molecular weight is 550 g/mol. The van der Waals surface area contributed by atoms with Crippen LogP contribution < -0.4 is 9.47 Å². The molecule has 1 aliphatic carbocycles. The minimum atomic E-state index is -3.88. The van der Waals surface area contributed by atoms with Crippen molar-refractivity contribution in [3.8, 4) is 17.2 Å². The van der Waals surface area contributed by atoms with Crippen LogP contribution >= 0.6 is 0 Å². The minimum absolute atomic E-state index is 0.00365. The van der Waals surface area contributed by atoms with Crippen LogP contribution in [0, 0.1) is 6.92 Å². The van der Waals surface area contributed by atoms with Crippen LogP contribution in [-0.4, -0.2) is 38.0 Å². The molecular weight excluding hydrogens is 510 g/mol. The number of benzene rings is 3. The normalized spacial score (nSPS) is 19.7. The number of hydrogen-bond acceptors (Lipinski definition) is 5. The summed E-state index contributed by atoms with van der Waals surface area (Å²) in [6, 6.07) is 21.2. The summed E-state index contributed by atoms with van der Waals surface area (Å²) in [7, 11) is -3.88. The van der Waals surface area contributed by atoms with Gasteiger partial charge in [0.15, 0.2) is 10.6 Å². The van der Waals surface area contributed by atoms with Crippen molar-refractivity contribution in [1.82, 2.24) is 4.31 Å². The number of rotatable bonds is 7. The second-order valence-corrected chi connectivity index (χ2v) is 13.5. The van der Waals surface area contributed by atoms with Crippen LogP contribution in [0.2, 0.25) is 0 Å². The van der Waals surface area contributed by atoms with Crippen LogP contribution in [0.4, 0.5) is 0 Å². The number of ether oxygens (including phenoxy) is 3. The maximum atomic E-state index is 14.3. The van der Waals surface area contributed by atoms with Crippen molar-refractivity contribution < 1.29 is 22.6 Å². The second-order valence-electron chi connectivity index (χ2n) is 11.7. The molecule has 3 aromatic carbocycles. The molecule has 1 heterocycles. The molecule has 0 spiro atoms. The monoisotopic (exact) mass is 549 g/mol. The second kappa shape index (κ2) is 11.3. The van der Waals surface area contributed by atoms with E-state index in [2.05, 4.69) is 26.8 Å². The Kier molecular flexibility index (Phi) is 8.04. The van der Waals surface area contributed by atoms with Crippen LogP contribution in [0.15, 0.2) is 71.6 Å². The topological polar surface area (TPSA) is 65.1 Å². The largest absolute Gasteiger partial charge is 0.485 e. The van der Waals surface area contributed by atoms with Gasteiger partial charge in [-0.15, -0.1) is 0 Å². The molecule has 208 valence electrons. The van der Waals surface area contributed by atoms with E-state index in [1.165, 1.54) is 5.56 Å². The Bertz CT molecular complexity index is 1390. The van der Waals surface area contributed by atoms with Gasteiger partial charge in [-0.05, 0) is 60.1 Å². The summed E-state index contributed by atoms with van der Waals surface area (Å²) in [5.74, 6) is 1.23. The molecule has 3 aromatic rings. The van der Waals surface area contributed by atoms with Crippen LogP contribution in [0.3, 0.4) is 0 Å². The van der Waals surface area contributed by atoms with E-state index in [0.29, 0.717) is 18.1 Å². The summed E-state index contributed by atoms with van der Waals surface area (Å²) in [6.07, 6.45) is 3.31. The standard InChI is InChI=1S/C32H39NO5S/c1-23-19-25(32(2,3)4)17-18-28(23)38-30-16-10-15-29-31(30)39(34,35)33(26-13-8-9-14-26)20-27(37-29)22-36-21-24-11-6-5-7-12-24/h5-7,10-12,15-19,26-27H,8-9,13-14,20-22H2,1-4H3. The average Bonchev–Trinajstić information content (AvgIpc) is 3.39. The van der Waals surface area contributed by atoms with Crippen molar-refractivity contribution in [2.45, 2.75) is 82.4 Å². The van der Waals surface area contributed by atoms with Crippen LogP contribution in [0.1, 0.15) is 63.1 Å². The van der Waals surface area contributed by atoms with Crippen LogP contribution in [-0.2, 0) is 26.8 Å². The molecule has 6 nitrogen and oxygen atoms in total. The lowest BCUT2D eigenvalue weighted by Crippen LogP contribution is -2.44. The van der Waals surface area contributed by atoms with E-state index in [1.807, 2.05) is 49.4 Å². The highest BCUT2D eigenvalue weighted by atomic mass is 32.2. The summed E-state index contributed by atoms with van der Waals surface area (Å²) in [5, 5.41) is 0. The van der Waals surface area contributed by atoms with Gasteiger partial charge in [-0.25, -0.2) is 8.42 Å². The van der Waals surface area contributed by atoms with Gasteiger partial charge in [-0.3, -0.25) is 0 Å². The van der Waals surface area contributed by atoms with Gasteiger partial charge >= 0.3 is 0 Å². The van der Waals surface area contributed by atoms with E-state index >= 15 is 0 Å². The fourth-order valence-electron chi connectivity index (χ4n) is 5.41. The maximum Gasteiger partial charge on any atom is 0.250 e. The molecule has 5 rings (SSSR count). The maximum absolute atomic E-state index is 14.3. The fraction of sp³-hybridized carbons (Fsp3) is 0.438. The molecule has 2 aliphatic rings. The SMILES string of the molecule is Cc1cc(C(C)(C)C)ccc1Oc1cccc2c1S(=O)(=O)N(C1CCCC1)CC(COCc1ccccc1)O2. The Balaban J connectivity index is 1.47. The van der Waals surface area contributed by atoms with Crippen molar-refractivity contribution in [1.29, 1.82) is 0 Å². The van der Waals surface area contributed by atoms with Gasteiger partial charge in [0.25, 0.3) is 10.0 Å². The number of nitrogens with zero attached hydrogens (tertiary/aromatic N) is 1. The minimum Gasteiger partial charge on any atom is -0.485 e. The van der Waals surface area contributed by atoms with Crippen molar-refractivity contribution in [2.75, 3.05) is 13.2 Å². The highest BCUT2D eigenvalue weighted by Gasteiger charge is 2.42. The first-order valence-electron chi connectivity index (χ1n) is 13.8. The number of fused-ring (bicyclic) bond motifs is 1. The van der Waals surface area contributed by atoms with E-state index in [0.717, 1.165) is 36.8 Å². The van der Waals surface area contributed by atoms with Crippen LogP contribution in [0.5, 0.6) is 17.2 Å². The first-order chi connectivity index (χ1) is 18.6. The van der Waals surface area contributed by atoms with Crippen molar-refractivity contribution in [3.63, 3.8) is 0 Å². The third-order valence-electron chi connectivity index (χ3n) is 7.59. The smallest absolute Gasteiger partial charge is 0.250 e. The third-order valence-corrected chi connectivity index (χ3v) is 9.58. The lowest BCUT2D eigenvalue weighted by Gasteiger charge is -2.28. The number of sulfonamides is 1. The van der Waals surface area contributed by atoms with Gasteiger partial charge in [0, 0.05) is 6.04 Å². The quantitative estimate of drug-likeness (QED) is 0.318. The predicted octanol–water partition coefficient (Wildman–Crippen LogP) is 7.00. The Hall–Kier alpha value is -2.87. The van der Waals surface area contributed by atoms with Gasteiger partial charge in [0.1, 0.15) is 17.6 Å². The Labute approximate surface area is 233 Å². The molecule has 0 bridgehead atoms. The van der Waals surface area contributed by atoms with Gasteiger partial charge in [-0.2, -0.15) is 4.31 Å². The van der Waals surface area contributed by atoms with E-state index in [4.69, 9.17) is 14.2 Å². The summed E-state index contributed by atoms with van der Waals surface area (Å²) < 4.78 is 48.9. The molecule has 1 fully saturated rings. The first kappa shape index (κ1) is 27.7. The van der Waals surface area contributed by atoms with Crippen molar-refractivity contribution in [3.05, 3.63) is 83.4 Å². The molecule has 1 unspecified atom stereocenters. The highest BCUT2D eigenvalue weighted by molar-refractivity contribution is 7.89. The number of aryl methyl sites for hydroxylation is 1. The molecule has 1 saturated carbocycles. The van der Waals surface area contributed by atoms with Crippen LogP contribution in [0.25, 0.3) is 0 Å². The Morgan fingerprint density at radius 2 is 1.69 bits per heavy atom. The zero-order valence-corrected chi connectivity index (χ0v) is 24.2. The molecule has 0 saturated heterocycles. The third kappa shape index (κ3) is 6.16. The van der Waals surface area contributed by atoms with Gasteiger partial charge in [0.2, 0.25) is 0 Å². The summed E-state index contributed by atoms with van der Waals surface area (Å²) in [6.45, 7) is 9.46. The molecule has 7 heteroatoms. The van der Waals surface area contributed by atoms with Gasteiger partial charge < -0.3 is 14.2 Å². The molecule has 1 aliphatic heterocycles. The molecular formula is C32H39NO5S. The summed E-state index contributed by atoms with van der Waals surface area (Å²) >= 11 is 0. The van der Waals surface area contributed by atoms with Crippen molar-refractivity contribution >= 4 is 10.0 Å². The molecule has 0 aromatic heterocycles. The predicted molar refractivity (Wildman–Crippen MR) is 153 cm³/mol. The lowest BCUT2D eigenvalue weighted by atomic mass is 9.86. The van der Waals surface area contributed by atoms with E-state index in [-0.39, 0.29) is 35.3 Å². The zero-order chi connectivity index (χ0) is 27.6. The molecule has 1 atom stereocenters. The highest BCUT2D eigenvalue weighted by Crippen LogP contribution is 2.43. The summed E-state index contributed by atoms with van der Waals surface area (Å²) in [5.41, 5.74) is 3.21. The Morgan fingerprint density at radius 3 is 2.38 bits per heavy atom. The van der Waals surface area contributed by atoms with Gasteiger partial charge in [-0.1, -0.05) is 82.1 Å². The summed E-state index contributed by atoms with van der Waals surface area (Å²) in [4.78, 5) is 0.0988. The number of hydrogen-bond donors (Lipinski definition) is 0. The lowest BCUT2D eigenvalue weighted by molar-refractivity contribution is 0.0309. The molecule has 0 N–H and O–H groups in total. The molecule has 39 heavy (non-hydrogen) atoms. The van der Waals surface area contributed by atoms with E-state index < -0.39 is 16.1 Å². The van der Waals surface area contributed by atoms with E-state index in [9.17, 15) is 8.42 Å². The van der Waals surface area contributed by atoms with Gasteiger partial charge in [0.05, 0.1) is 19.8 Å². The fourth-order valence-corrected chi connectivity index (χ4v) is 7.35. The molecule has 0 radical (unpaired) electrons. The van der Waals surface area contributed by atoms with Crippen molar-refractivity contribution in [2.24, 2.45) is 0 Å². The first-order valence-corrected chi connectivity index (χ1v) is 15.3. The zero-order valence-electron chi connectivity index (χ0n) is 23.4. The molecule has 0 amide bonds. The van der Waals surface area contributed by atoms with E-state index in [1.54, 1.807) is 22.5 Å².